The maximum Gasteiger partial charge on any atom is 0.325 e. The fourth-order valence-electron chi connectivity index (χ4n) is 5.03. The van der Waals surface area contributed by atoms with E-state index in [0.717, 1.165) is 52.7 Å². The topological polar surface area (TPSA) is 120 Å². The predicted octanol–water partition coefficient (Wildman–Crippen LogP) is 4.47. The summed E-state index contributed by atoms with van der Waals surface area (Å²) in [5.41, 5.74) is 4.73. The molecule has 0 bridgehead atoms. The number of fused-ring (bicyclic) bond motifs is 2. The van der Waals surface area contributed by atoms with E-state index in [9.17, 15) is 13.2 Å². The standard InChI is InChI=1S/C28H31N3O6S/c1-3-13-31(20-8-10-21(11-9-20)38(2,33)34)25-6-4-5-23-24(17-36-28(23)25)30-19-7-12-22-18(14-27(32)37-29)16-35-26(22)15-19/h4-12,15,18,24,30H,3,13-14,16-17,29H2,1-2H3/t18-,24-/m1/s1. The van der Waals surface area contributed by atoms with Gasteiger partial charge in [0.25, 0.3) is 0 Å². The van der Waals surface area contributed by atoms with Gasteiger partial charge < -0.3 is 24.5 Å². The first-order valence-electron chi connectivity index (χ1n) is 12.5. The van der Waals surface area contributed by atoms with Crippen molar-refractivity contribution >= 4 is 32.9 Å². The maximum absolute atomic E-state index is 11.9. The van der Waals surface area contributed by atoms with Crippen LogP contribution in [0.15, 0.2) is 65.6 Å². The van der Waals surface area contributed by atoms with E-state index in [1.165, 1.54) is 6.26 Å². The molecule has 0 fully saturated rings. The number of ether oxygens (including phenoxy) is 2. The second-order valence-corrected chi connectivity index (χ2v) is 11.6. The summed E-state index contributed by atoms with van der Waals surface area (Å²) < 4.78 is 35.9. The van der Waals surface area contributed by atoms with Crippen LogP contribution < -0.4 is 25.6 Å². The fraction of sp³-hybridized carbons (Fsp3) is 0.321. The first-order chi connectivity index (χ1) is 18.3. The Bertz CT molecular complexity index is 1440. The van der Waals surface area contributed by atoms with Gasteiger partial charge in [0.05, 0.1) is 29.7 Å². The van der Waals surface area contributed by atoms with E-state index in [1.807, 2.05) is 42.5 Å². The zero-order chi connectivity index (χ0) is 26.9. The molecular weight excluding hydrogens is 506 g/mol. The van der Waals surface area contributed by atoms with Crippen molar-refractivity contribution in [2.24, 2.45) is 5.90 Å². The van der Waals surface area contributed by atoms with E-state index in [2.05, 4.69) is 28.0 Å². The summed E-state index contributed by atoms with van der Waals surface area (Å²) in [4.78, 5) is 18.4. The SMILES string of the molecule is CCCN(c1ccc(S(C)(=O)=O)cc1)c1cccc2c1OC[C@H]2Nc1ccc2c(c1)OC[C@H]2CC(=O)ON. The van der Waals surface area contributed by atoms with Gasteiger partial charge in [-0.2, -0.15) is 5.90 Å². The highest BCUT2D eigenvalue weighted by molar-refractivity contribution is 7.90. The maximum atomic E-state index is 11.9. The van der Waals surface area contributed by atoms with E-state index in [-0.39, 0.29) is 18.4 Å². The molecule has 10 heteroatoms. The lowest BCUT2D eigenvalue weighted by Gasteiger charge is -2.26. The van der Waals surface area contributed by atoms with Gasteiger partial charge in [-0.05, 0) is 42.8 Å². The van der Waals surface area contributed by atoms with Crippen molar-refractivity contribution < 1.29 is 27.5 Å². The second-order valence-electron chi connectivity index (χ2n) is 9.58. The minimum atomic E-state index is -3.27. The summed E-state index contributed by atoms with van der Waals surface area (Å²) in [5, 5.41) is 3.55. The van der Waals surface area contributed by atoms with Crippen LogP contribution in [-0.4, -0.2) is 40.4 Å². The molecule has 0 saturated carbocycles. The number of hydrogen-bond donors (Lipinski definition) is 2. The second kappa shape index (κ2) is 10.5. The molecule has 0 amide bonds. The van der Waals surface area contributed by atoms with Gasteiger partial charge in [0.15, 0.2) is 9.84 Å². The number of carbonyl (C=O) groups is 1. The smallest absolute Gasteiger partial charge is 0.325 e. The van der Waals surface area contributed by atoms with Gasteiger partial charge >= 0.3 is 5.97 Å². The van der Waals surface area contributed by atoms with E-state index >= 15 is 0 Å². The van der Waals surface area contributed by atoms with Crippen molar-refractivity contribution in [1.82, 2.24) is 0 Å². The first kappa shape index (κ1) is 25.9. The number of anilines is 3. The van der Waals surface area contributed by atoms with Crippen LogP contribution in [0.3, 0.4) is 0 Å². The van der Waals surface area contributed by atoms with Crippen LogP contribution in [0.2, 0.25) is 0 Å². The number of para-hydroxylation sites is 1. The molecule has 3 aromatic carbocycles. The fourth-order valence-corrected chi connectivity index (χ4v) is 5.66. The highest BCUT2D eigenvalue weighted by Crippen LogP contribution is 2.45. The lowest BCUT2D eigenvalue weighted by atomic mass is 9.97. The van der Waals surface area contributed by atoms with Crippen LogP contribution in [0, 0.1) is 0 Å². The Morgan fingerprint density at radius 1 is 1.08 bits per heavy atom. The molecule has 9 nitrogen and oxygen atoms in total. The molecule has 0 radical (unpaired) electrons. The van der Waals surface area contributed by atoms with Crippen LogP contribution in [0.1, 0.15) is 42.9 Å². The molecule has 0 saturated heterocycles. The van der Waals surface area contributed by atoms with Gasteiger partial charge in [-0.25, -0.2) is 8.42 Å². The molecule has 0 unspecified atom stereocenters. The highest BCUT2D eigenvalue weighted by atomic mass is 32.2. The molecule has 0 aromatic heterocycles. The first-order valence-corrected chi connectivity index (χ1v) is 14.4. The van der Waals surface area contributed by atoms with Gasteiger partial charge in [0.2, 0.25) is 0 Å². The molecule has 2 aliphatic heterocycles. The van der Waals surface area contributed by atoms with Crippen molar-refractivity contribution in [3.63, 3.8) is 0 Å². The van der Waals surface area contributed by atoms with Crippen molar-refractivity contribution in [3.8, 4) is 11.5 Å². The van der Waals surface area contributed by atoms with Crippen LogP contribution >= 0.6 is 0 Å². The van der Waals surface area contributed by atoms with Gasteiger partial charge in [-0.3, -0.25) is 4.79 Å². The number of benzene rings is 3. The van der Waals surface area contributed by atoms with Gasteiger partial charge in [-0.15, -0.1) is 0 Å². The predicted molar refractivity (Wildman–Crippen MR) is 145 cm³/mol. The molecular formula is C28H31N3O6S. The third kappa shape index (κ3) is 5.14. The average molecular weight is 538 g/mol. The van der Waals surface area contributed by atoms with E-state index in [0.29, 0.717) is 18.1 Å². The van der Waals surface area contributed by atoms with Crippen LogP contribution in [-0.2, 0) is 19.5 Å². The Morgan fingerprint density at radius 2 is 1.87 bits per heavy atom. The molecule has 3 aromatic rings. The number of carbonyl (C=O) groups excluding carboxylic acids is 1. The highest BCUT2D eigenvalue weighted by Gasteiger charge is 2.30. The van der Waals surface area contributed by atoms with E-state index in [4.69, 9.17) is 15.4 Å². The quantitative estimate of drug-likeness (QED) is 0.381. The Labute approximate surface area is 222 Å². The number of hydrogen-bond acceptors (Lipinski definition) is 9. The lowest BCUT2D eigenvalue weighted by molar-refractivity contribution is -0.144. The van der Waals surface area contributed by atoms with Crippen molar-refractivity contribution in [3.05, 3.63) is 71.8 Å². The minimum absolute atomic E-state index is 0.0662. The molecule has 2 atom stereocenters. The summed E-state index contributed by atoms with van der Waals surface area (Å²) in [5.74, 6) is 5.99. The number of nitrogens with one attached hydrogen (secondary N) is 1. The zero-order valence-corrected chi connectivity index (χ0v) is 22.2. The monoisotopic (exact) mass is 537 g/mol. The molecule has 38 heavy (non-hydrogen) atoms. The number of nitrogens with zero attached hydrogens (tertiary/aromatic N) is 1. The third-order valence-corrected chi connectivity index (χ3v) is 8.02. The minimum Gasteiger partial charge on any atom is -0.493 e. The molecule has 200 valence electrons. The molecule has 0 spiro atoms. The van der Waals surface area contributed by atoms with Crippen molar-refractivity contribution in [2.45, 2.75) is 36.6 Å². The zero-order valence-electron chi connectivity index (χ0n) is 21.3. The Kier molecular flexibility index (Phi) is 7.18. The summed E-state index contributed by atoms with van der Waals surface area (Å²) in [6.45, 7) is 3.72. The average Bonchev–Trinajstić information content (AvgIpc) is 3.50. The largest absolute Gasteiger partial charge is 0.493 e. The molecule has 2 heterocycles. The summed E-state index contributed by atoms with van der Waals surface area (Å²) >= 11 is 0. The molecule has 5 rings (SSSR count). The Morgan fingerprint density at radius 3 is 2.58 bits per heavy atom. The van der Waals surface area contributed by atoms with Crippen molar-refractivity contribution in [2.75, 3.05) is 36.2 Å². The Hall–Kier alpha value is -3.76. The number of nitrogens with two attached hydrogens (primary N) is 1. The van der Waals surface area contributed by atoms with Gasteiger partial charge in [-0.1, -0.05) is 25.1 Å². The lowest BCUT2D eigenvalue weighted by Crippen LogP contribution is -2.18. The van der Waals surface area contributed by atoms with Crippen molar-refractivity contribution in [1.29, 1.82) is 0 Å². The van der Waals surface area contributed by atoms with Gasteiger partial charge in [0.1, 0.15) is 18.1 Å². The third-order valence-electron chi connectivity index (χ3n) is 6.89. The van der Waals surface area contributed by atoms with E-state index < -0.39 is 15.8 Å². The Balaban J connectivity index is 1.38. The summed E-state index contributed by atoms with van der Waals surface area (Å²) in [6.07, 6.45) is 2.28. The number of rotatable bonds is 9. The normalized spacial score (nSPS) is 17.7. The number of sulfone groups is 1. The van der Waals surface area contributed by atoms with Crippen LogP contribution in [0.25, 0.3) is 0 Å². The summed E-state index contributed by atoms with van der Waals surface area (Å²) in [7, 11) is -3.27. The van der Waals surface area contributed by atoms with E-state index in [1.54, 1.807) is 12.1 Å². The molecule has 2 aliphatic rings. The molecule has 0 aliphatic carbocycles. The summed E-state index contributed by atoms with van der Waals surface area (Å²) in [6, 6.07) is 18.9. The molecule has 3 N–H and O–H groups in total. The van der Waals surface area contributed by atoms with Crippen LogP contribution in [0.5, 0.6) is 11.5 Å². The van der Waals surface area contributed by atoms with Crippen LogP contribution in [0.4, 0.5) is 17.1 Å². The van der Waals surface area contributed by atoms with Gasteiger partial charge in [0, 0.05) is 47.3 Å².